The van der Waals surface area contributed by atoms with Crippen LogP contribution in [0.5, 0.6) is 5.88 Å². The number of hydrogen-bond donors (Lipinski definition) is 1. The van der Waals surface area contributed by atoms with Crippen LogP contribution in [0.4, 0.5) is 5.95 Å². The summed E-state index contributed by atoms with van der Waals surface area (Å²) in [6.07, 6.45) is 1.24. The van der Waals surface area contributed by atoms with Gasteiger partial charge in [0.2, 0.25) is 11.8 Å². The van der Waals surface area contributed by atoms with Gasteiger partial charge in [-0.3, -0.25) is 0 Å². The summed E-state index contributed by atoms with van der Waals surface area (Å²) in [5, 5.41) is 3.48. The summed E-state index contributed by atoms with van der Waals surface area (Å²) in [6, 6.07) is 2.31. The second-order valence-electron chi connectivity index (χ2n) is 6.12. The van der Waals surface area contributed by atoms with Gasteiger partial charge >= 0.3 is 0 Å². The summed E-state index contributed by atoms with van der Waals surface area (Å²) in [7, 11) is 2.17. The monoisotopic (exact) mass is 278 g/mol. The van der Waals surface area contributed by atoms with Crippen molar-refractivity contribution in [1.29, 1.82) is 0 Å². The molecule has 1 fully saturated rings. The summed E-state index contributed by atoms with van der Waals surface area (Å²) in [5.41, 5.74) is 0.929. The zero-order chi connectivity index (χ0) is 14.7. The number of nitrogens with one attached hydrogen (secondary N) is 1. The van der Waals surface area contributed by atoms with Crippen LogP contribution in [0.15, 0.2) is 6.07 Å². The molecule has 2 unspecified atom stereocenters. The molecule has 0 aromatic carbocycles. The van der Waals surface area contributed by atoms with Gasteiger partial charge in [-0.25, -0.2) is 4.98 Å². The van der Waals surface area contributed by atoms with Crippen molar-refractivity contribution < 1.29 is 4.74 Å². The third-order valence-electron chi connectivity index (χ3n) is 3.61. The van der Waals surface area contributed by atoms with E-state index in [1.807, 2.05) is 26.8 Å². The van der Waals surface area contributed by atoms with Gasteiger partial charge in [-0.15, -0.1) is 0 Å². The van der Waals surface area contributed by atoms with Crippen LogP contribution in [-0.4, -0.2) is 47.2 Å². The Balaban J connectivity index is 2.07. The molecule has 1 aliphatic heterocycles. The maximum atomic E-state index is 5.67. The average Bonchev–Trinajstić information content (AvgIpc) is 2.31. The second-order valence-corrected chi connectivity index (χ2v) is 6.12. The van der Waals surface area contributed by atoms with Crippen LogP contribution in [0.3, 0.4) is 0 Å². The maximum Gasteiger partial charge on any atom is 0.226 e. The fourth-order valence-electron chi connectivity index (χ4n) is 2.64. The summed E-state index contributed by atoms with van der Waals surface area (Å²) < 4.78 is 5.67. The molecular formula is C15H26N4O. The van der Waals surface area contributed by atoms with E-state index in [1.165, 1.54) is 0 Å². The normalized spacial score (nSPS) is 23.9. The fourth-order valence-corrected chi connectivity index (χ4v) is 2.64. The first-order chi connectivity index (χ1) is 9.44. The summed E-state index contributed by atoms with van der Waals surface area (Å²) in [4.78, 5) is 11.3. The van der Waals surface area contributed by atoms with Crippen LogP contribution in [0.1, 0.15) is 32.9 Å². The van der Waals surface area contributed by atoms with E-state index in [0.29, 0.717) is 23.8 Å². The number of aryl methyl sites for hydroxylation is 1. The van der Waals surface area contributed by atoms with Gasteiger partial charge < -0.3 is 15.0 Å². The minimum atomic E-state index is 0.124. The standard InChI is InChI=1S/C15H26N4O/c1-10(2)20-14-8-12(4)16-15(18-14)17-13-6-7-19(5)9-11(13)3/h8,10-11,13H,6-7,9H2,1-5H3,(H,16,17,18). The highest BCUT2D eigenvalue weighted by Gasteiger charge is 2.24. The largest absolute Gasteiger partial charge is 0.475 e. The minimum absolute atomic E-state index is 0.124. The van der Waals surface area contributed by atoms with E-state index in [4.69, 9.17) is 4.74 Å². The molecular weight excluding hydrogens is 252 g/mol. The molecule has 2 atom stereocenters. The Morgan fingerprint density at radius 1 is 1.40 bits per heavy atom. The fraction of sp³-hybridized carbons (Fsp3) is 0.733. The number of likely N-dealkylation sites (tertiary alicyclic amines) is 1. The predicted octanol–water partition coefficient (Wildman–Crippen LogP) is 2.32. The molecule has 1 N–H and O–H groups in total. The lowest BCUT2D eigenvalue weighted by Gasteiger charge is -2.35. The Morgan fingerprint density at radius 2 is 2.15 bits per heavy atom. The SMILES string of the molecule is Cc1cc(OC(C)C)nc(NC2CCN(C)CC2C)n1. The van der Waals surface area contributed by atoms with E-state index in [0.717, 1.165) is 25.2 Å². The van der Waals surface area contributed by atoms with Gasteiger partial charge in [0.15, 0.2) is 0 Å². The summed E-state index contributed by atoms with van der Waals surface area (Å²) >= 11 is 0. The number of aromatic nitrogens is 2. The van der Waals surface area contributed by atoms with Crippen molar-refractivity contribution in [2.45, 2.75) is 46.3 Å². The molecule has 5 heteroatoms. The molecule has 0 bridgehead atoms. The molecule has 1 aromatic rings. The predicted molar refractivity (Wildman–Crippen MR) is 81.2 cm³/mol. The first kappa shape index (κ1) is 15.0. The zero-order valence-electron chi connectivity index (χ0n) is 13.2. The molecule has 0 saturated carbocycles. The van der Waals surface area contributed by atoms with Crippen molar-refractivity contribution in [2.24, 2.45) is 5.92 Å². The van der Waals surface area contributed by atoms with E-state index in [-0.39, 0.29) is 6.10 Å². The second kappa shape index (κ2) is 6.39. The molecule has 5 nitrogen and oxygen atoms in total. The highest BCUT2D eigenvalue weighted by atomic mass is 16.5. The first-order valence-corrected chi connectivity index (χ1v) is 7.41. The molecule has 1 aromatic heterocycles. The lowest BCUT2D eigenvalue weighted by molar-refractivity contribution is 0.205. The van der Waals surface area contributed by atoms with Crippen LogP contribution in [0, 0.1) is 12.8 Å². The van der Waals surface area contributed by atoms with E-state index in [2.05, 4.69) is 34.2 Å². The highest BCUT2D eigenvalue weighted by molar-refractivity contribution is 5.32. The van der Waals surface area contributed by atoms with Crippen LogP contribution in [0.2, 0.25) is 0 Å². The molecule has 112 valence electrons. The van der Waals surface area contributed by atoms with Crippen molar-refractivity contribution in [3.63, 3.8) is 0 Å². The third kappa shape index (κ3) is 4.07. The van der Waals surface area contributed by atoms with Crippen molar-refractivity contribution >= 4 is 5.95 Å². The van der Waals surface area contributed by atoms with Gasteiger partial charge in [0.25, 0.3) is 0 Å². The van der Waals surface area contributed by atoms with Crippen LogP contribution < -0.4 is 10.1 Å². The van der Waals surface area contributed by atoms with Crippen LogP contribution in [-0.2, 0) is 0 Å². The smallest absolute Gasteiger partial charge is 0.226 e. The molecule has 1 saturated heterocycles. The molecule has 2 heterocycles. The van der Waals surface area contributed by atoms with Gasteiger partial charge in [-0.2, -0.15) is 4.98 Å². The van der Waals surface area contributed by atoms with Crippen molar-refractivity contribution in [2.75, 3.05) is 25.5 Å². The molecule has 0 aliphatic carbocycles. The number of nitrogens with zero attached hydrogens (tertiary/aromatic N) is 3. The van der Waals surface area contributed by atoms with E-state index in [1.54, 1.807) is 0 Å². The number of piperidine rings is 1. The molecule has 0 radical (unpaired) electrons. The molecule has 0 spiro atoms. The lowest BCUT2D eigenvalue weighted by atomic mass is 9.94. The Labute approximate surface area is 121 Å². The van der Waals surface area contributed by atoms with E-state index < -0.39 is 0 Å². The topological polar surface area (TPSA) is 50.3 Å². The van der Waals surface area contributed by atoms with Gasteiger partial charge in [0.1, 0.15) is 0 Å². The van der Waals surface area contributed by atoms with Gasteiger partial charge in [-0.1, -0.05) is 6.92 Å². The van der Waals surface area contributed by atoms with Gasteiger partial charge in [0, 0.05) is 24.3 Å². The number of rotatable bonds is 4. The van der Waals surface area contributed by atoms with E-state index >= 15 is 0 Å². The number of hydrogen-bond acceptors (Lipinski definition) is 5. The quantitative estimate of drug-likeness (QED) is 0.916. The Kier molecular flexibility index (Phi) is 4.81. The van der Waals surface area contributed by atoms with Crippen molar-refractivity contribution in [3.8, 4) is 5.88 Å². The molecule has 1 aliphatic rings. The highest BCUT2D eigenvalue weighted by Crippen LogP contribution is 2.20. The lowest BCUT2D eigenvalue weighted by Crippen LogP contribution is -2.43. The van der Waals surface area contributed by atoms with E-state index in [9.17, 15) is 0 Å². The third-order valence-corrected chi connectivity index (χ3v) is 3.61. The summed E-state index contributed by atoms with van der Waals surface area (Å²) in [6.45, 7) is 10.5. The van der Waals surface area contributed by atoms with Gasteiger partial charge in [0.05, 0.1) is 6.10 Å². The molecule has 20 heavy (non-hydrogen) atoms. The molecule has 0 amide bonds. The number of ether oxygens (including phenoxy) is 1. The van der Waals surface area contributed by atoms with Crippen LogP contribution in [0.25, 0.3) is 0 Å². The minimum Gasteiger partial charge on any atom is -0.475 e. The van der Waals surface area contributed by atoms with Gasteiger partial charge in [-0.05, 0) is 46.7 Å². The Hall–Kier alpha value is -1.36. The first-order valence-electron chi connectivity index (χ1n) is 7.41. The van der Waals surface area contributed by atoms with Crippen LogP contribution >= 0.6 is 0 Å². The Bertz CT molecular complexity index is 449. The zero-order valence-corrected chi connectivity index (χ0v) is 13.2. The van der Waals surface area contributed by atoms with Crippen molar-refractivity contribution in [1.82, 2.24) is 14.9 Å². The average molecular weight is 278 g/mol. The molecule has 2 rings (SSSR count). The Morgan fingerprint density at radius 3 is 2.80 bits per heavy atom. The maximum absolute atomic E-state index is 5.67. The summed E-state index contributed by atoms with van der Waals surface area (Å²) in [5.74, 6) is 1.92. The number of anilines is 1. The van der Waals surface area contributed by atoms with Crippen molar-refractivity contribution in [3.05, 3.63) is 11.8 Å².